The molecule has 0 radical (unpaired) electrons. The number of aromatic nitrogens is 2. The summed E-state index contributed by atoms with van der Waals surface area (Å²) in [5.74, 6) is 0.747. The molecule has 0 unspecified atom stereocenters. The predicted octanol–water partition coefficient (Wildman–Crippen LogP) is 1.61. The zero-order valence-electron chi connectivity index (χ0n) is 7.90. The maximum absolute atomic E-state index is 5.67. The molecule has 0 spiro atoms. The first-order valence-corrected chi connectivity index (χ1v) is 4.46. The number of fused-ring (bicyclic) bond motifs is 1. The Balaban J connectivity index is 2.59. The van der Waals surface area contributed by atoms with Gasteiger partial charge in [0.25, 0.3) is 5.88 Å². The molecule has 0 aliphatic rings. The van der Waals surface area contributed by atoms with Crippen LogP contribution in [0.2, 0.25) is 0 Å². The van der Waals surface area contributed by atoms with Crippen LogP contribution in [-0.4, -0.2) is 16.6 Å². The summed E-state index contributed by atoms with van der Waals surface area (Å²) < 4.78 is 5.25. The highest BCUT2D eigenvalue weighted by molar-refractivity contribution is 5.76. The van der Waals surface area contributed by atoms with Crippen molar-refractivity contribution in [3.05, 3.63) is 24.3 Å². The van der Waals surface area contributed by atoms with Crippen LogP contribution in [0.25, 0.3) is 11.0 Å². The van der Waals surface area contributed by atoms with E-state index < -0.39 is 0 Å². The number of para-hydroxylation sites is 2. The number of hydrogen-bond donors (Lipinski definition) is 1. The van der Waals surface area contributed by atoms with Crippen LogP contribution in [0, 0.1) is 0 Å². The molecule has 4 heteroatoms. The second-order valence-corrected chi connectivity index (χ2v) is 2.84. The molecule has 2 aromatic rings. The SMILES string of the molecule is CCOc1nc2ccccc2nc1N. The zero-order valence-corrected chi connectivity index (χ0v) is 7.90. The van der Waals surface area contributed by atoms with Gasteiger partial charge in [-0.05, 0) is 19.1 Å². The maximum atomic E-state index is 5.67. The molecule has 2 rings (SSSR count). The van der Waals surface area contributed by atoms with Crippen molar-refractivity contribution in [3.63, 3.8) is 0 Å². The minimum atomic E-state index is 0.338. The maximum Gasteiger partial charge on any atom is 0.257 e. The van der Waals surface area contributed by atoms with Gasteiger partial charge in [0.15, 0.2) is 5.82 Å². The summed E-state index contributed by atoms with van der Waals surface area (Å²) in [5, 5.41) is 0. The number of benzene rings is 1. The van der Waals surface area contributed by atoms with Gasteiger partial charge in [0, 0.05) is 0 Å². The Labute approximate surface area is 81.7 Å². The minimum Gasteiger partial charge on any atom is -0.475 e. The molecule has 0 aliphatic carbocycles. The lowest BCUT2D eigenvalue weighted by Crippen LogP contribution is -2.02. The second-order valence-electron chi connectivity index (χ2n) is 2.84. The number of nitrogens with two attached hydrogens (primary N) is 1. The van der Waals surface area contributed by atoms with Gasteiger partial charge in [-0.3, -0.25) is 0 Å². The van der Waals surface area contributed by atoms with Gasteiger partial charge >= 0.3 is 0 Å². The summed E-state index contributed by atoms with van der Waals surface area (Å²) in [5.41, 5.74) is 7.26. The largest absolute Gasteiger partial charge is 0.475 e. The highest BCUT2D eigenvalue weighted by atomic mass is 16.5. The average Bonchev–Trinajstić information content (AvgIpc) is 2.19. The number of nitrogens with zero attached hydrogens (tertiary/aromatic N) is 2. The zero-order chi connectivity index (χ0) is 9.97. The van der Waals surface area contributed by atoms with Crippen LogP contribution in [0.5, 0.6) is 5.88 Å². The third-order valence-corrected chi connectivity index (χ3v) is 1.84. The molecule has 0 aliphatic heterocycles. The molecular weight excluding hydrogens is 178 g/mol. The smallest absolute Gasteiger partial charge is 0.257 e. The molecule has 1 aromatic carbocycles. The highest BCUT2D eigenvalue weighted by Gasteiger charge is 2.05. The van der Waals surface area contributed by atoms with E-state index in [2.05, 4.69) is 9.97 Å². The standard InChI is InChI=1S/C10H11N3O/c1-2-14-10-9(11)12-7-5-3-4-6-8(7)13-10/h3-6H,2H2,1H3,(H2,11,12). The number of rotatable bonds is 2. The van der Waals surface area contributed by atoms with Crippen LogP contribution in [-0.2, 0) is 0 Å². The molecular formula is C10H11N3O. The monoisotopic (exact) mass is 189 g/mol. The van der Waals surface area contributed by atoms with Gasteiger partial charge in [-0.1, -0.05) is 12.1 Å². The normalized spacial score (nSPS) is 10.4. The first kappa shape index (κ1) is 8.74. The minimum absolute atomic E-state index is 0.338. The summed E-state index contributed by atoms with van der Waals surface area (Å²) in [4.78, 5) is 8.44. The number of nitrogen functional groups attached to an aromatic ring is 1. The van der Waals surface area contributed by atoms with Crippen molar-refractivity contribution in [1.29, 1.82) is 0 Å². The molecule has 0 saturated heterocycles. The quantitative estimate of drug-likeness (QED) is 0.779. The molecule has 1 aromatic heterocycles. The van der Waals surface area contributed by atoms with E-state index in [1.165, 1.54) is 0 Å². The second kappa shape index (κ2) is 3.49. The first-order chi connectivity index (χ1) is 6.81. The van der Waals surface area contributed by atoms with Crippen LogP contribution in [0.15, 0.2) is 24.3 Å². The van der Waals surface area contributed by atoms with Crippen molar-refractivity contribution < 1.29 is 4.74 Å². The molecule has 1 heterocycles. The van der Waals surface area contributed by atoms with Crippen molar-refractivity contribution in [2.45, 2.75) is 6.92 Å². The molecule has 0 atom stereocenters. The lowest BCUT2D eigenvalue weighted by atomic mass is 10.3. The fraction of sp³-hybridized carbons (Fsp3) is 0.200. The molecule has 72 valence electrons. The number of anilines is 1. The third-order valence-electron chi connectivity index (χ3n) is 1.84. The van der Waals surface area contributed by atoms with E-state index in [-0.39, 0.29) is 0 Å². The number of ether oxygens (including phenoxy) is 1. The van der Waals surface area contributed by atoms with Gasteiger partial charge in [-0.2, -0.15) is 0 Å². The van der Waals surface area contributed by atoms with Crippen molar-refractivity contribution in [2.24, 2.45) is 0 Å². The molecule has 0 saturated carbocycles. The molecule has 0 amide bonds. The topological polar surface area (TPSA) is 61.0 Å². The Morgan fingerprint density at radius 3 is 2.50 bits per heavy atom. The van der Waals surface area contributed by atoms with Crippen LogP contribution >= 0.6 is 0 Å². The van der Waals surface area contributed by atoms with Gasteiger partial charge < -0.3 is 10.5 Å². The third kappa shape index (κ3) is 1.46. The van der Waals surface area contributed by atoms with Gasteiger partial charge in [0.2, 0.25) is 0 Å². The number of hydrogen-bond acceptors (Lipinski definition) is 4. The molecule has 2 N–H and O–H groups in total. The Morgan fingerprint density at radius 2 is 1.86 bits per heavy atom. The van der Waals surface area contributed by atoms with Crippen molar-refractivity contribution in [2.75, 3.05) is 12.3 Å². The van der Waals surface area contributed by atoms with E-state index in [9.17, 15) is 0 Å². The molecule has 4 nitrogen and oxygen atoms in total. The molecule has 0 fully saturated rings. The van der Waals surface area contributed by atoms with Crippen LogP contribution in [0.3, 0.4) is 0 Å². The van der Waals surface area contributed by atoms with Crippen LogP contribution in [0.4, 0.5) is 5.82 Å². The lowest BCUT2D eigenvalue weighted by Gasteiger charge is -2.05. The highest BCUT2D eigenvalue weighted by Crippen LogP contribution is 2.19. The lowest BCUT2D eigenvalue weighted by molar-refractivity contribution is 0.329. The fourth-order valence-electron chi connectivity index (χ4n) is 1.24. The van der Waals surface area contributed by atoms with Crippen LogP contribution < -0.4 is 10.5 Å². The summed E-state index contributed by atoms with van der Waals surface area (Å²) in [6.45, 7) is 2.42. The van der Waals surface area contributed by atoms with Crippen molar-refractivity contribution >= 4 is 16.9 Å². The Kier molecular flexibility index (Phi) is 2.18. The Morgan fingerprint density at radius 1 is 1.21 bits per heavy atom. The Hall–Kier alpha value is -1.84. The first-order valence-electron chi connectivity index (χ1n) is 4.46. The summed E-state index contributed by atoms with van der Waals surface area (Å²) in [6.07, 6.45) is 0. The van der Waals surface area contributed by atoms with Gasteiger partial charge in [-0.15, -0.1) is 0 Å². The van der Waals surface area contributed by atoms with E-state index >= 15 is 0 Å². The summed E-state index contributed by atoms with van der Waals surface area (Å²) in [6, 6.07) is 7.55. The van der Waals surface area contributed by atoms with E-state index in [0.29, 0.717) is 18.3 Å². The van der Waals surface area contributed by atoms with Crippen molar-refractivity contribution in [1.82, 2.24) is 9.97 Å². The summed E-state index contributed by atoms with van der Waals surface area (Å²) >= 11 is 0. The summed E-state index contributed by atoms with van der Waals surface area (Å²) in [7, 11) is 0. The van der Waals surface area contributed by atoms with E-state index in [1.807, 2.05) is 31.2 Å². The van der Waals surface area contributed by atoms with E-state index in [1.54, 1.807) is 0 Å². The molecule has 0 bridgehead atoms. The van der Waals surface area contributed by atoms with Gasteiger partial charge in [0.05, 0.1) is 17.6 Å². The van der Waals surface area contributed by atoms with Crippen LogP contribution in [0.1, 0.15) is 6.92 Å². The Bertz CT molecular complexity index is 456. The average molecular weight is 189 g/mol. The van der Waals surface area contributed by atoms with Gasteiger partial charge in [-0.25, -0.2) is 9.97 Å². The fourth-order valence-corrected chi connectivity index (χ4v) is 1.24. The van der Waals surface area contributed by atoms with Crippen molar-refractivity contribution in [3.8, 4) is 5.88 Å². The van der Waals surface area contributed by atoms with E-state index in [0.717, 1.165) is 11.0 Å². The molecule has 14 heavy (non-hydrogen) atoms. The van der Waals surface area contributed by atoms with Gasteiger partial charge in [0.1, 0.15) is 0 Å². The predicted molar refractivity (Wildman–Crippen MR) is 55.1 cm³/mol. The van der Waals surface area contributed by atoms with E-state index in [4.69, 9.17) is 10.5 Å².